The zero-order valence-electron chi connectivity index (χ0n) is 13.1. The monoisotopic (exact) mass is 363 g/mol. The molecule has 1 aromatic rings. The molecule has 24 heavy (non-hydrogen) atoms. The van der Waals surface area contributed by atoms with Crippen molar-refractivity contribution >= 4 is 40.4 Å². The van der Waals surface area contributed by atoms with Crippen LogP contribution in [0.15, 0.2) is 55.0 Å². The molecule has 1 aliphatic carbocycles. The van der Waals surface area contributed by atoms with Gasteiger partial charge >= 0.3 is 5.97 Å². The molecule has 0 fully saturated rings. The van der Waals surface area contributed by atoms with Crippen molar-refractivity contribution in [2.45, 2.75) is 19.8 Å². The zero-order valence-corrected chi connectivity index (χ0v) is 14.6. The van der Waals surface area contributed by atoms with E-state index in [0.717, 1.165) is 0 Å². The Bertz CT molecular complexity index is 859. The normalized spacial score (nSPS) is 17.2. The molecule has 7 heteroatoms. The summed E-state index contributed by atoms with van der Waals surface area (Å²) in [6.07, 6.45) is 0.0963. The van der Waals surface area contributed by atoms with Gasteiger partial charge in [-0.15, -0.1) is 0 Å². The summed E-state index contributed by atoms with van der Waals surface area (Å²) in [6.45, 7) is 1.74. The Kier molecular flexibility index (Phi) is 4.43. The van der Waals surface area contributed by atoms with Crippen molar-refractivity contribution in [3.8, 4) is 0 Å². The first-order valence-corrected chi connectivity index (χ1v) is 8.50. The Morgan fingerprint density at radius 2 is 2.21 bits per heavy atom. The van der Waals surface area contributed by atoms with Gasteiger partial charge in [0.1, 0.15) is 5.76 Å². The molecule has 5 nitrogen and oxygen atoms in total. The van der Waals surface area contributed by atoms with Crippen LogP contribution in [0.25, 0.3) is 0 Å². The first-order valence-electron chi connectivity index (χ1n) is 7.18. The van der Waals surface area contributed by atoms with E-state index in [1.807, 2.05) is 5.38 Å². The Labute approximate surface area is 147 Å². The second-order valence-electron chi connectivity index (χ2n) is 5.41. The lowest BCUT2D eigenvalue weighted by molar-refractivity contribution is -0.136. The number of hydrogen-bond donors (Lipinski definition) is 1. The van der Waals surface area contributed by atoms with E-state index >= 15 is 0 Å². The number of carboxylic acid groups (broad SMARTS) is 1. The smallest absolute Gasteiger partial charge is 0.307 e. The van der Waals surface area contributed by atoms with Crippen LogP contribution in [0.4, 0.5) is 0 Å². The van der Waals surface area contributed by atoms with Crippen molar-refractivity contribution < 1.29 is 19.4 Å². The average molecular weight is 364 g/mol. The van der Waals surface area contributed by atoms with Crippen LogP contribution in [0.1, 0.15) is 30.1 Å². The van der Waals surface area contributed by atoms with Crippen molar-refractivity contribution in [3.63, 3.8) is 0 Å². The van der Waals surface area contributed by atoms with Crippen molar-refractivity contribution in [1.29, 1.82) is 0 Å². The first kappa shape index (κ1) is 16.7. The van der Waals surface area contributed by atoms with Crippen LogP contribution in [-0.2, 0) is 9.53 Å². The molecule has 1 aliphatic heterocycles. The minimum atomic E-state index is -0.958. The third kappa shape index (κ3) is 2.72. The Hall–Kier alpha value is -2.18. The van der Waals surface area contributed by atoms with Crippen molar-refractivity contribution in [2.75, 3.05) is 7.11 Å². The molecule has 0 atom stereocenters. The molecule has 0 saturated heterocycles. The highest BCUT2D eigenvalue weighted by Gasteiger charge is 2.35. The quantitative estimate of drug-likeness (QED) is 0.804. The Balaban J connectivity index is 2.10. The highest BCUT2D eigenvalue weighted by Crippen LogP contribution is 2.42. The largest absolute Gasteiger partial charge is 0.495 e. The van der Waals surface area contributed by atoms with E-state index in [1.54, 1.807) is 18.4 Å². The number of ketones is 1. The van der Waals surface area contributed by atoms with Gasteiger partial charge in [-0.2, -0.15) is 11.3 Å². The Morgan fingerprint density at radius 1 is 1.46 bits per heavy atom. The summed E-state index contributed by atoms with van der Waals surface area (Å²) in [5.74, 6) is -0.822. The second kappa shape index (κ2) is 6.37. The molecule has 3 rings (SSSR count). The maximum Gasteiger partial charge on any atom is 0.307 e. The summed E-state index contributed by atoms with van der Waals surface area (Å²) in [6, 6.07) is 1.75. The number of carboxylic acids is 1. The topological polar surface area (TPSA) is 76.0 Å². The highest BCUT2D eigenvalue weighted by molar-refractivity contribution is 7.08. The lowest BCUT2D eigenvalue weighted by Gasteiger charge is -2.21. The standard InChI is InChI=1S/C17H14ClNO4S/c1-8-10(6-13(20)21)14-12(19-8)5-11(17(23-2)15(14)18)16(22)9-3-4-24-7-9/h3-4,7H,5-6H2,1-2H3,(H,20,21). The fourth-order valence-corrected chi connectivity index (χ4v) is 3.94. The SMILES string of the molecule is COC1=C(C(=O)c2ccsc2)CC2=NC(C)=C(CC(=O)O)C2=C1Cl. The van der Waals surface area contributed by atoms with E-state index in [9.17, 15) is 9.59 Å². The number of carbonyl (C=O) groups excluding carboxylic acids is 1. The van der Waals surface area contributed by atoms with Crippen molar-refractivity contribution in [2.24, 2.45) is 4.99 Å². The number of hydrogen-bond acceptors (Lipinski definition) is 5. The molecule has 0 unspecified atom stereocenters. The van der Waals surface area contributed by atoms with Gasteiger partial charge in [0.25, 0.3) is 0 Å². The van der Waals surface area contributed by atoms with Gasteiger partial charge in [0, 0.05) is 34.2 Å². The molecule has 0 radical (unpaired) electrons. The van der Waals surface area contributed by atoms with Gasteiger partial charge in [0.2, 0.25) is 0 Å². The first-order chi connectivity index (χ1) is 11.4. The lowest BCUT2D eigenvalue weighted by atomic mass is 9.87. The predicted octanol–water partition coefficient (Wildman–Crippen LogP) is 3.93. The summed E-state index contributed by atoms with van der Waals surface area (Å²) in [4.78, 5) is 28.3. The van der Waals surface area contributed by atoms with E-state index in [1.165, 1.54) is 18.4 Å². The van der Waals surface area contributed by atoms with Crippen LogP contribution in [0.3, 0.4) is 0 Å². The summed E-state index contributed by atoms with van der Waals surface area (Å²) in [5.41, 5.74) is 3.39. The van der Waals surface area contributed by atoms with E-state index in [4.69, 9.17) is 21.4 Å². The Morgan fingerprint density at radius 3 is 2.79 bits per heavy atom. The summed E-state index contributed by atoms with van der Waals surface area (Å²) in [7, 11) is 1.45. The van der Waals surface area contributed by atoms with Crippen molar-refractivity contribution in [1.82, 2.24) is 0 Å². The van der Waals surface area contributed by atoms with E-state index in [-0.39, 0.29) is 23.7 Å². The van der Waals surface area contributed by atoms with E-state index < -0.39 is 5.97 Å². The van der Waals surface area contributed by atoms with Crippen LogP contribution in [0.2, 0.25) is 0 Å². The molecule has 2 aliphatic rings. The maximum atomic E-state index is 12.7. The van der Waals surface area contributed by atoms with Gasteiger partial charge in [-0.1, -0.05) is 11.6 Å². The number of aliphatic carboxylic acids is 1. The van der Waals surface area contributed by atoms with Gasteiger partial charge in [0.05, 0.1) is 24.3 Å². The molecule has 0 aromatic carbocycles. The number of ether oxygens (including phenoxy) is 1. The maximum absolute atomic E-state index is 12.7. The average Bonchev–Trinajstić information content (AvgIpc) is 3.15. The molecule has 0 amide bonds. The van der Waals surface area contributed by atoms with Crippen LogP contribution < -0.4 is 0 Å². The number of aliphatic imine (C=N–C) groups is 1. The van der Waals surface area contributed by atoms with Gasteiger partial charge in [-0.25, -0.2) is 0 Å². The molecule has 2 heterocycles. The van der Waals surface area contributed by atoms with Crippen molar-refractivity contribution in [3.05, 3.63) is 55.6 Å². The number of rotatable bonds is 5. The summed E-state index contributed by atoms with van der Waals surface area (Å²) >= 11 is 7.90. The number of allylic oxidation sites excluding steroid dienone is 4. The highest BCUT2D eigenvalue weighted by atomic mass is 35.5. The zero-order chi connectivity index (χ0) is 17.4. The lowest BCUT2D eigenvalue weighted by Crippen LogP contribution is -2.19. The molecular weight excluding hydrogens is 350 g/mol. The fraction of sp³-hybridized carbons (Fsp3) is 0.235. The van der Waals surface area contributed by atoms with Gasteiger partial charge < -0.3 is 9.84 Å². The third-order valence-electron chi connectivity index (χ3n) is 3.96. The number of carbonyl (C=O) groups is 2. The number of thiophene rings is 1. The molecular formula is C17H14ClNO4S. The second-order valence-corrected chi connectivity index (χ2v) is 6.57. The number of halogens is 1. The molecule has 124 valence electrons. The van der Waals surface area contributed by atoms with Crippen LogP contribution >= 0.6 is 22.9 Å². The third-order valence-corrected chi connectivity index (χ3v) is 5.00. The van der Waals surface area contributed by atoms with Crippen LogP contribution in [0.5, 0.6) is 0 Å². The predicted molar refractivity (Wildman–Crippen MR) is 92.6 cm³/mol. The fourth-order valence-electron chi connectivity index (χ4n) is 2.89. The van der Waals surface area contributed by atoms with E-state index in [0.29, 0.717) is 39.5 Å². The van der Waals surface area contributed by atoms with Gasteiger partial charge in [-0.3, -0.25) is 14.6 Å². The van der Waals surface area contributed by atoms with Crippen LogP contribution in [-0.4, -0.2) is 29.7 Å². The molecule has 0 saturated carbocycles. The minimum Gasteiger partial charge on any atom is -0.495 e. The summed E-state index contributed by atoms with van der Waals surface area (Å²) in [5, 5.41) is 13.0. The molecule has 0 spiro atoms. The number of Topliss-reactive ketones (excluding diaryl/α,β-unsaturated/α-hetero) is 1. The van der Waals surface area contributed by atoms with Gasteiger partial charge in [0.15, 0.2) is 5.78 Å². The molecule has 0 bridgehead atoms. The summed E-state index contributed by atoms with van der Waals surface area (Å²) < 4.78 is 5.38. The molecule has 1 N–H and O–H groups in total. The minimum absolute atomic E-state index is 0.155. The van der Waals surface area contributed by atoms with E-state index in [2.05, 4.69) is 4.99 Å². The van der Waals surface area contributed by atoms with Crippen LogP contribution in [0, 0.1) is 0 Å². The number of nitrogens with zero attached hydrogens (tertiary/aromatic N) is 1. The molecule has 1 aromatic heterocycles. The number of methoxy groups -OCH3 is 1. The van der Waals surface area contributed by atoms with Gasteiger partial charge in [-0.05, 0) is 23.9 Å². The number of fused-ring (bicyclic) bond motifs is 1.